The maximum atomic E-state index is 12.2. The van der Waals surface area contributed by atoms with E-state index in [1.54, 1.807) is 24.3 Å². The summed E-state index contributed by atoms with van der Waals surface area (Å²) < 4.78 is 54.1. The molecular formula is C17H17F2NO3S. The normalized spacial score (nSPS) is 12.2. The minimum Gasteiger partial charge on any atom is -0.435 e. The molecule has 0 radical (unpaired) electrons. The first kappa shape index (κ1) is 18.1. The number of sulfonamides is 1. The summed E-state index contributed by atoms with van der Waals surface area (Å²) in [5, 5.41) is 1.14. The SMILES string of the molecule is CN(Cc1ccc(OC(F)F)cc1)S(=O)(=O)/C=C/c1ccccc1. The van der Waals surface area contributed by atoms with E-state index in [9.17, 15) is 17.2 Å². The lowest BCUT2D eigenvalue weighted by Crippen LogP contribution is -2.24. The zero-order valence-corrected chi connectivity index (χ0v) is 13.8. The van der Waals surface area contributed by atoms with E-state index in [2.05, 4.69) is 4.74 Å². The van der Waals surface area contributed by atoms with E-state index in [-0.39, 0.29) is 12.3 Å². The number of alkyl halides is 2. The average molecular weight is 353 g/mol. The maximum Gasteiger partial charge on any atom is 0.387 e. The highest BCUT2D eigenvalue weighted by Gasteiger charge is 2.14. The fourth-order valence-electron chi connectivity index (χ4n) is 1.96. The van der Waals surface area contributed by atoms with Gasteiger partial charge in [0.1, 0.15) is 5.75 Å². The molecule has 0 saturated heterocycles. The molecule has 0 N–H and O–H groups in total. The van der Waals surface area contributed by atoms with Crippen molar-refractivity contribution in [3.63, 3.8) is 0 Å². The van der Waals surface area contributed by atoms with Crippen LogP contribution < -0.4 is 4.74 Å². The second-order valence-corrected chi connectivity index (χ2v) is 6.96. The first-order valence-electron chi connectivity index (χ1n) is 7.10. The molecule has 0 saturated carbocycles. The Morgan fingerprint density at radius 3 is 2.29 bits per heavy atom. The largest absolute Gasteiger partial charge is 0.435 e. The molecule has 0 heterocycles. The van der Waals surface area contributed by atoms with Crippen LogP contribution in [0.3, 0.4) is 0 Å². The Morgan fingerprint density at radius 1 is 1.08 bits per heavy atom. The van der Waals surface area contributed by atoms with E-state index >= 15 is 0 Å². The second kappa shape index (κ2) is 8.03. The van der Waals surface area contributed by atoms with E-state index in [1.165, 1.54) is 29.6 Å². The van der Waals surface area contributed by atoms with Crippen molar-refractivity contribution in [3.8, 4) is 5.75 Å². The van der Waals surface area contributed by atoms with Gasteiger partial charge in [-0.05, 0) is 29.3 Å². The van der Waals surface area contributed by atoms with Gasteiger partial charge in [0.2, 0.25) is 10.0 Å². The first-order valence-corrected chi connectivity index (χ1v) is 8.60. The molecule has 0 fully saturated rings. The molecule has 7 heteroatoms. The number of halogens is 2. The standard InChI is InChI=1S/C17H17F2NO3S/c1-20(13-15-7-9-16(10-8-15)23-17(18)19)24(21,22)12-11-14-5-3-2-4-6-14/h2-12,17H,13H2,1H3/b12-11+. The molecule has 4 nitrogen and oxygen atoms in total. The topological polar surface area (TPSA) is 46.6 Å². The summed E-state index contributed by atoms with van der Waals surface area (Å²) in [7, 11) is -2.13. The van der Waals surface area contributed by atoms with Crippen molar-refractivity contribution in [1.82, 2.24) is 4.31 Å². The molecule has 0 aliphatic heterocycles. The van der Waals surface area contributed by atoms with E-state index in [0.717, 1.165) is 11.0 Å². The molecule has 0 unspecified atom stereocenters. The van der Waals surface area contributed by atoms with Crippen molar-refractivity contribution in [2.75, 3.05) is 7.05 Å². The molecule has 2 rings (SSSR count). The van der Waals surface area contributed by atoms with Crippen LogP contribution in [0.15, 0.2) is 60.0 Å². The zero-order chi connectivity index (χ0) is 17.6. The van der Waals surface area contributed by atoms with Gasteiger partial charge in [-0.15, -0.1) is 0 Å². The van der Waals surface area contributed by atoms with Gasteiger partial charge in [0.05, 0.1) is 0 Å². The summed E-state index contributed by atoms with van der Waals surface area (Å²) in [5.41, 5.74) is 1.44. The number of benzene rings is 2. The third-order valence-electron chi connectivity index (χ3n) is 3.22. The van der Waals surface area contributed by atoms with E-state index in [0.29, 0.717) is 5.56 Å². The first-order chi connectivity index (χ1) is 11.4. The van der Waals surface area contributed by atoms with Crippen molar-refractivity contribution in [1.29, 1.82) is 0 Å². The van der Waals surface area contributed by atoms with Crippen molar-refractivity contribution in [3.05, 3.63) is 71.1 Å². The van der Waals surface area contributed by atoms with Crippen LogP contribution in [0.1, 0.15) is 11.1 Å². The molecule has 0 aliphatic carbocycles. The summed E-state index contributed by atoms with van der Waals surface area (Å²) in [4.78, 5) is 0. The molecule has 0 spiro atoms. The number of ether oxygens (including phenoxy) is 1. The Labute approximate surface area is 140 Å². The Morgan fingerprint density at radius 2 is 1.71 bits per heavy atom. The minimum atomic E-state index is -3.58. The smallest absolute Gasteiger partial charge is 0.387 e. The number of nitrogens with zero attached hydrogens (tertiary/aromatic N) is 1. The van der Waals surface area contributed by atoms with Gasteiger partial charge >= 0.3 is 6.61 Å². The fourth-order valence-corrected chi connectivity index (χ4v) is 2.82. The fraction of sp³-hybridized carbons (Fsp3) is 0.176. The molecule has 0 amide bonds. The molecule has 24 heavy (non-hydrogen) atoms. The van der Waals surface area contributed by atoms with Gasteiger partial charge in [0.25, 0.3) is 0 Å². The van der Waals surface area contributed by atoms with Crippen LogP contribution in [-0.2, 0) is 16.6 Å². The monoisotopic (exact) mass is 353 g/mol. The predicted molar refractivity (Wildman–Crippen MR) is 88.9 cm³/mol. The Kier molecular flexibility index (Phi) is 6.05. The van der Waals surface area contributed by atoms with Gasteiger partial charge in [-0.1, -0.05) is 42.5 Å². The summed E-state index contributed by atoms with van der Waals surface area (Å²) in [6.07, 6.45) is 1.52. The molecule has 0 aliphatic rings. The Hall–Kier alpha value is -2.25. The van der Waals surface area contributed by atoms with Crippen LogP contribution in [-0.4, -0.2) is 26.4 Å². The molecule has 0 bridgehead atoms. The van der Waals surface area contributed by atoms with Crippen molar-refractivity contribution in [2.45, 2.75) is 13.2 Å². The van der Waals surface area contributed by atoms with Gasteiger partial charge in [-0.3, -0.25) is 0 Å². The van der Waals surface area contributed by atoms with Crippen LogP contribution in [0.25, 0.3) is 6.08 Å². The highest BCUT2D eigenvalue weighted by Crippen LogP contribution is 2.17. The number of rotatable bonds is 7. The van der Waals surface area contributed by atoms with Crippen molar-refractivity contribution >= 4 is 16.1 Å². The lowest BCUT2D eigenvalue weighted by molar-refractivity contribution is -0.0498. The van der Waals surface area contributed by atoms with E-state index < -0.39 is 16.6 Å². The predicted octanol–water partition coefficient (Wildman–Crippen LogP) is 3.72. The van der Waals surface area contributed by atoms with E-state index in [1.807, 2.05) is 18.2 Å². The Bertz CT molecular complexity index is 775. The van der Waals surface area contributed by atoms with Gasteiger partial charge in [0.15, 0.2) is 0 Å². The highest BCUT2D eigenvalue weighted by atomic mass is 32.2. The van der Waals surface area contributed by atoms with Crippen LogP contribution in [0.5, 0.6) is 5.75 Å². The minimum absolute atomic E-state index is 0.0308. The highest BCUT2D eigenvalue weighted by molar-refractivity contribution is 7.92. The van der Waals surface area contributed by atoms with Crippen molar-refractivity contribution < 1.29 is 21.9 Å². The van der Waals surface area contributed by atoms with Gasteiger partial charge in [-0.2, -0.15) is 13.1 Å². The van der Waals surface area contributed by atoms with Gasteiger partial charge < -0.3 is 4.74 Å². The number of hydrogen-bond acceptors (Lipinski definition) is 3. The molecule has 0 aromatic heterocycles. The second-order valence-electron chi connectivity index (χ2n) is 5.04. The Balaban J connectivity index is 2.02. The quantitative estimate of drug-likeness (QED) is 0.762. The lowest BCUT2D eigenvalue weighted by Gasteiger charge is -2.15. The summed E-state index contributed by atoms with van der Waals surface area (Å²) in [6.45, 7) is -2.77. The van der Waals surface area contributed by atoms with E-state index in [4.69, 9.17) is 0 Å². The third-order valence-corrected chi connectivity index (χ3v) is 4.70. The van der Waals surface area contributed by atoms with Gasteiger partial charge in [-0.25, -0.2) is 8.42 Å². The molecule has 0 atom stereocenters. The van der Waals surface area contributed by atoms with Crippen molar-refractivity contribution in [2.24, 2.45) is 0 Å². The molecular weight excluding hydrogens is 336 g/mol. The van der Waals surface area contributed by atoms with Crippen LogP contribution >= 0.6 is 0 Å². The molecule has 128 valence electrons. The van der Waals surface area contributed by atoms with Crippen LogP contribution in [0, 0.1) is 0 Å². The van der Waals surface area contributed by atoms with Crippen LogP contribution in [0.4, 0.5) is 8.78 Å². The number of hydrogen-bond donors (Lipinski definition) is 0. The zero-order valence-electron chi connectivity index (χ0n) is 13.0. The van der Waals surface area contributed by atoms with Gasteiger partial charge in [0, 0.05) is 19.0 Å². The summed E-state index contributed by atoms with van der Waals surface area (Å²) >= 11 is 0. The summed E-state index contributed by atoms with van der Waals surface area (Å²) in [6, 6.07) is 14.9. The maximum absolute atomic E-state index is 12.2. The van der Waals surface area contributed by atoms with Crippen LogP contribution in [0.2, 0.25) is 0 Å². The summed E-state index contributed by atoms with van der Waals surface area (Å²) in [5.74, 6) is 0.0308. The lowest BCUT2D eigenvalue weighted by atomic mass is 10.2. The molecule has 2 aromatic rings. The average Bonchev–Trinajstić information content (AvgIpc) is 2.55. The third kappa shape index (κ3) is 5.43. The molecule has 2 aromatic carbocycles.